The van der Waals surface area contributed by atoms with Gasteiger partial charge in [0.15, 0.2) is 0 Å². The van der Waals surface area contributed by atoms with Gasteiger partial charge in [-0.1, -0.05) is 12.7 Å². The van der Waals surface area contributed by atoms with Crippen molar-refractivity contribution in [3.8, 4) is 0 Å². The maximum atomic E-state index is 15.3. The molecule has 2 aliphatic rings. The number of hydrogen-bond acceptors (Lipinski definition) is 5. The fourth-order valence-electron chi connectivity index (χ4n) is 4.92. The highest BCUT2D eigenvalue weighted by atomic mass is 19.1. The van der Waals surface area contributed by atoms with Crippen molar-refractivity contribution in [1.29, 1.82) is 0 Å². The molecule has 0 spiro atoms. The van der Waals surface area contributed by atoms with Gasteiger partial charge in [-0.2, -0.15) is 0 Å². The quantitative estimate of drug-likeness (QED) is 0.383. The fourth-order valence-corrected chi connectivity index (χ4v) is 4.92. The third-order valence-electron chi connectivity index (χ3n) is 6.69. The number of aliphatic imine (C=N–C) groups is 1. The predicted octanol–water partition coefficient (Wildman–Crippen LogP) is 5.40. The molecule has 3 aromatic rings. The molecule has 5 nitrogen and oxygen atoms in total. The highest BCUT2D eigenvalue weighted by Gasteiger charge is 2.21. The predicted molar refractivity (Wildman–Crippen MR) is 139 cm³/mol. The van der Waals surface area contributed by atoms with Crippen molar-refractivity contribution in [2.45, 2.75) is 32.1 Å². The summed E-state index contributed by atoms with van der Waals surface area (Å²) < 4.78 is 15.3. The van der Waals surface area contributed by atoms with Crippen LogP contribution in [-0.4, -0.2) is 42.9 Å². The molecule has 0 bridgehead atoms. The lowest BCUT2D eigenvalue weighted by atomic mass is 9.97. The van der Waals surface area contributed by atoms with Gasteiger partial charge < -0.3 is 15.2 Å². The van der Waals surface area contributed by atoms with Gasteiger partial charge >= 0.3 is 0 Å². The molecule has 3 heterocycles. The first-order chi connectivity index (χ1) is 16.7. The molecular formula is C28H30FN5. The number of piperidine rings is 1. The molecule has 34 heavy (non-hydrogen) atoms. The van der Waals surface area contributed by atoms with E-state index >= 15 is 4.39 Å². The van der Waals surface area contributed by atoms with E-state index < -0.39 is 0 Å². The van der Waals surface area contributed by atoms with E-state index in [2.05, 4.69) is 50.0 Å². The zero-order valence-corrected chi connectivity index (χ0v) is 19.6. The van der Waals surface area contributed by atoms with Crippen LogP contribution in [0.3, 0.4) is 0 Å². The average Bonchev–Trinajstić information content (AvgIpc) is 3.30. The van der Waals surface area contributed by atoms with Crippen LogP contribution in [0.5, 0.6) is 0 Å². The van der Waals surface area contributed by atoms with Gasteiger partial charge in [-0.05, 0) is 61.1 Å². The first-order valence-corrected chi connectivity index (χ1v) is 12.0. The van der Waals surface area contributed by atoms with Crippen molar-refractivity contribution in [2.75, 3.05) is 31.6 Å². The van der Waals surface area contributed by atoms with Crippen molar-refractivity contribution in [1.82, 2.24) is 15.3 Å². The van der Waals surface area contributed by atoms with E-state index in [9.17, 15) is 0 Å². The number of rotatable bonds is 7. The second-order valence-corrected chi connectivity index (χ2v) is 8.91. The van der Waals surface area contributed by atoms with Crippen LogP contribution in [0.15, 0.2) is 54.3 Å². The van der Waals surface area contributed by atoms with Crippen LogP contribution in [-0.2, 0) is 6.42 Å². The smallest absolute Gasteiger partial charge is 0.150 e. The number of pyridine rings is 2. The SMILES string of the molecule is C=C(NCC/C=N\C)c1cnc2c(c1)C(c1cc(F)c3nccc(N4CCCCC4)c3c1)=CC2. The van der Waals surface area contributed by atoms with Gasteiger partial charge in [0.25, 0.3) is 0 Å². The normalized spacial score (nSPS) is 15.6. The van der Waals surface area contributed by atoms with E-state index in [4.69, 9.17) is 0 Å². The highest BCUT2D eigenvalue weighted by molar-refractivity contribution is 5.96. The minimum Gasteiger partial charge on any atom is -0.385 e. The Morgan fingerprint density at radius 2 is 2.06 bits per heavy atom. The molecule has 0 atom stereocenters. The Morgan fingerprint density at radius 1 is 1.21 bits per heavy atom. The summed E-state index contributed by atoms with van der Waals surface area (Å²) in [7, 11) is 1.77. The minimum atomic E-state index is -0.284. The topological polar surface area (TPSA) is 53.4 Å². The van der Waals surface area contributed by atoms with Gasteiger partial charge in [0, 0.05) is 79.6 Å². The summed E-state index contributed by atoms with van der Waals surface area (Å²) in [5, 5.41) is 4.21. The lowest BCUT2D eigenvalue weighted by molar-refractivity contribution is 0.578. The molecule has 1 aromatic carbocycles. The molecule has 0 radical (unpaired) electrons. The number of anilines is 1. The second-order valence-electron chi connectivity index (χ2n) is 8.91. The monoisotopic (exact) mass is 455 g/mol. The van der Waals surface area contributed by atoms with Crippen molar-refractivity contribution in [3.63, 3.8) is 0 Å². The zero-order valence-electron chi connectivity index (χ0n) is 19.6. The van der Waals surface area contributed by atoms with Crippen LogP contribution in [0.4, 0.5) is 10.1 Å². The number of nitrogens with zero attached hydrogens (tertiary/aromatic N) is 4. The zero-order chi connectivity index (χ0) is 23.5. The first-order valence-electron chi connectivity index (χ1n) is 12.0. The van der Waals surface area contributed by atoms with Crippen LogP contribution in [0.2, 0.25) is 0 Å². The summed E-state index contributed by atoms with van der Waals surface area (Å²) in [5.41, 5.74) is 7.21. The minimum absolute atomic E-state index is 0.284. The molecule has 1 fully saturated rings. The third kappa shape index (κ3) is 4.32. The number of fused-ring (bicyclic) bond motifs is 2. The van der Waals surface area contributed by atoms with Crippen LogP contribution in [0.25, 0.3) is 22.2 Å². The highest BCUT2D eigenvalue weighted by Crippen LogP contribution is 2.37. The lowest BCUT2D eigenvalue weighted by Crippen LogP contribution is -2.29. The van der Waals surface area contributed by atoms with Crippen molar-refractivity contribution >= 4 is 34.1 Å². The molecular weight excluding hydrogens is 425 g/mol. The van der Waals surface area contributed by atoms with Gasteiger partial charge in [0.05, 0.1) is 5.69 Å². The van der Waals surface area contributed by atoms with Crippen molar-refractivity contribution in [3.05, 3.63) is 77.5 Å². The van der Waals surface area contributed by atoms with E-state index in [1.54, 1.807) is 19.3 Å². The van der Waals surface area contributed by atoms with Gasteiger partial charge in [-0.25, -0.2) is 4.39 Å². The Labute approximate surface area is 200 Å². The van der Waals surface area contributed by atoms with Crippen LogP contribution in [0.1, 0.15) is 48.1 Å². The summed E-state index contributed by atoms with van der Waals surface area (Å²) >= 11 is 0. The molecule has 1 aliphatic heterocycles. The average molecular weight is 456 g/mol. The van der Waals surface area contributed by atoms with Crippen molar-refractivity contribution < 1.29 is 4.39 Å². The molecule has 1 aliphatic carbocycles. The molecule has 0 amide bonds. The summed E-state index contributed by atoms with van der Waals surface area (Å²) in [4.78, 5) is 15.4. The standard InChI is InChI=1S/C28H30FN5/c1-19(31-11-6-10-30-2)21-16-23-22(7-8-26(23)33-18-21)20-15-24-27(34-13-4-3-5-14-34)9-12-32-28(24)25(29)17-20/h7,9-10,12,15-18,31H,1,3-6,8,11,13-14H2,2H3/b30-10-. The number of nitrogens with one attached hydrogen (secondary N) is 1. The first kappa shape index (κ1) is 22.3. The maximum Gasteiger partial charge on any atom is 0.150 e. The summed E-state index contributed by atoms with van der Waals surface area (Å²) in [5.74, 6) is -0.284. The molecule has 6 heteroatoms. The molecule has 5 rings (SSSR count). The molecule has 174 valence electrons. The number of benzene rings is 1. The maximum absolute atomic E-state index is 15.3. The largest absolute Gasteiger partial charge is 0.385 e. The van der Waals surface area contributed by atoms with Gasteiger partial charge in [0.1, 0.15) is 11.3 Å². The van der Waals surface area contributed by atoms with Gasteiger partial charge in [-0.3, -0.25) is 9.97 Å². The van der Waals surface area contributed by atoms with Gasteiger partial charge in [-0.15, -0.1) is 0 Å². The van der Waals surface area contributed by atoms with E-state index in [1.165, 1.54) is 19.3 Å². The Morgan fingerprint density at radius 3 is 2.88 bits per heavy atom. The molecule has 0 unspecified atom stereocenters. The number of allylic oxidation sites excluding steroid dienone is 1. The van der Waals surface area contributed by atoms with Crippen LogP contribution < -0.4 is 10.2 Å². The van der Waals surface area contributed by atoms with E-state index in [0.717, 1.165) is 77.2 Å². The summed E-state index contributed by atoms with van der Waals surface area (Å²) in [6.45, 7) is 6.94. The molecule has 0 saturated carbocycles. The van der Waals surface area contributed by atoms with Crippen LogP contribution in [0, 0.1) is 5.82 Å². The second kappa shape index (κ2) is 9.75. The summed E-state index contributed by atoms with van der Waals surface area (Å²) in [6.07, 6.45) is 12.8. The Balaban J connectivity index is 1.49. The van der Waals surface area contributed by atoms with E-state index in [-0.39, 0.29) is 5.82 Å². The number of hydrogen-bond donors (Lipinski definition) is 1. The third-order valence-corrected chi connectivity index (χ3v) is 6.69. The Bertz CT molecular complexity index is 1290. The lowest BCUT2D eigenvalue weighted by Gasteiger charge is -2.29. The van der Waals surface area contributed by atoms with Crippen molar-refractivity contribution in [2.24, 2.45) is 4.99 Å². The van der Waals surface area contributed by atoms with Crippen LogP contribution >= 0.6 is 0 Å². The Kier molecular flexibility index (Phi) is 6.39. The number of aromatic nitrogens is 2. The fraction of sp³-hybridized carbons (Fsp3) is 0.321. The van der Waals surface area contributed by atoms with Gasteiger partial charge in [0.2, 0.25) is 0 Å². The van der Waals surface area contributed by atoms with E-state index in [0.29, 0.717) is 5.52 Å². The van der Waals surface area contributed by atoms with E-state index in [1.807, 2.05) is 18.5 Å². The molecule has 1 saturated heterocycles. The summed E-state index contributed by atoms with van der Waals surface area (Å²) in [6, 6.07) is 7.84. The number of halogens is 1. The Hall–Kier alpha value is -3.54. The molecule has 1 N–H and O–H groups in total. The molecule has 2 aromatic heterocycles.